The minimum absolute atomic E-state index is 0.0700. The number of aryl methyl sites for hydroxylation is 1. The fraction of sp³-hybridized carbons (Fsp3) is 0.778. The molecule has 4 fully saturated rings. The summed E-state index contributed by atoms with van der Waals surface area (Å²) in [6.45, 7) is 4.03. The fourth-order valence-electron chi connectivity index (χ4n) is 6.00. The number of hydrogen-bond acceptors (Lipinski definition) is 3. The highest BCUT2D eigenvalue weighted by atomic mass is 16.5. The first-order chi connectivity index (χ1) is 10.6. The Labute approximate surface area is 132 Å². The minimum atomic E-state index is -0.0700. The van der Waals surface area contributed by atoms with Gasteiger partial charge in [0.15, 0.2) is 5.69 Å². The van der Waals surface area contributed by atoms with Crippen molar-refractivity contribution in [2.75, 3.05) is 0 Å². The number of nitrogens with zero attached hydrogens (tertiary/aromatic N) is 1. The van der Waals surface area contributed by atoms with E-state index in [0.29, 0.717) is 16.9 Å². The number of aromatic nitrogens is 1. The zero-order valence-corrected chi connectivity index (χ0v) is 13.6. The maximum absolute atomic E-state index is 12.5. The summed E-state index contributed by atoms with van der Waals surface area (Å²) in [5, 5.41) is 7.15. The van der Waals surface area contributed by atoms with Crippen molar-refractivity contribution in [2.45, 2.75) is 64.8 Å². The first-order valence-electron chi connectivity index (χ1n) is 8.82. The molecule has 1 amide bonds. The van der Waals surface area contributed by atoms with E-state index in [2.05, 4.69) is 17.4 Å². The monoisotopic (exact) mass is 302 g/mol. The van der Waals surface area contributed by atoms with Crippen LogP contribution < -0.4 is 5.32 Å². The Bertz CT molecular complexity index is 542. The molecular weight excluding hydrogens is 276 g/mol. The van der Waals surface area contributed by atoms with Crippen LogP contribution in [0.4, 0.5) is 0 Å². The van der Waals surface area contributed by atoms with E-state index in [1.54, 1.807) is 6.07 Å². The molecule has 4 aliphatic rings. The Hall–Kier alpha value is -1.32. The largest absolute Gasteiger partial charge is 0.361 e. The number of amides is 1. The molecule has 4 saturated carbocycles. The third-order valence-electron chi connectivity index (χ3n) is 6.40. The molecule has 0 aliphatic heterocycles. The Morgan fingerprint density at radius 1 is 1.32 bits per heavy atom. The van der Waals surface area contributed by atoms with Crippen molar-refractivity contribution in [3.05, 3.63) is 17.5 Å². The van der Waals surface area contributed by atoms with Crippen LogP contribution in [0.25, 0.3) is 0 Å². The molecule has 1 N–H and O–H groups in total. The molecule has 22 heavy (non-hydrogen) atoms. The van der Waals surface area contributed by atoms with Gasteiger partial charge >= 0.3 is 0 Å². The standard InChI is InChI=1S/C18H26N2O2/c1-3-16(19-17(21)15-4-11(2)22-20-15)18-8-12-5-13(9-18)7-14(6-12)10-18/h4,12-14,16H,3,5-10H2,1-2H3,(H,19,21). The molecule has 0 radical (unpaired) electrons. The van der Waals surface area contributed by atoms with Gasteiger partial charge in [0.05, 0.1) is 0 Å². The van der Waals surface area contributed by atoms with Gasteiger partial charge in [-0.15, -0.1) is 0 Å². The van der Waals surface area contributed by atoms with Crippen molar-refractivity contribution in [1.29, 1.82) is 0 Å². The van der Waals surface area contributed by atoms with Crippen LogP contribution in [0.3, 0.4) is 0 Å². The van der Waals surface area contributed by atoms with E-state index in [-0.39, 0.29) is 11.9 Å². The minimum Gasteiger partial charge on any atom is -0.361 e. The smallest absolute Gasteiger partial charge is 0.273 e. The molecule has 1 aromatic rings. The average molecular weight is 302 g/mol. The van der Waals surface area contributed by atoms with Crippen LogP contribution >= 0.6 is 0 Å². The number of hydrogen-bond donors (Lipinski definition) is 1. The second-order valence-electron chi connectivity index (χ2n) is 8.04. The third-order valence-corrected chi connectivity index (χ3v) is 6.40. The third kappa shape index (κ3) is 2.27. The second kappa shape index (κ2) is 5.10. The zero-order chi connectivity index (χ0) is 15.3. The summed E-state index contributed by atoms with van der Waals surface area (Å²) in [4.78, 5) is 12.5. The average Bonchev–Trinajstić information content (AvgIpc) is 2.89. The Kier molecular flexibility index (Phi) is 3.31. The van der Waals surface area contributed by atoms with E-state index in [0.717, 1.165) is 24.2 Å². The van der Waals surface area contributed by atoms with Crippen LogP contribution in [0.15, 0.2) is 10.6 Å². The fourth-order valence-corrected chi connectivity index (χ4v) is 6.00. The Morgan fingerprint density at radius 3 is 2.36 bits per heavy atom. The first kappa shape index (κ1) is 14.3. The van der Waals surface area contributed by atoms with Crippen molar-refractivity contribution >= 4 is 5.91 Å². The molecule has 4 bridgehead atoms. The molecule has 1 heterocycles. The van der Waals surface area contributed by atoms with Gasteiger partial charge in [-0.1, -0.05) is 12.1 Å². The van der Waals surface area contributed by atoms with Crippen LogP contribution in [-0.2, 0) is 0 Å². The van der Waals surface area contributed by atoms with E-state index in [9.17, 15) is 4.79 Å². The van der Waals surface area contributed by atoms with E-state index in [1.165, 1.54) is 38.5 Å². The van der Waals surface area contributed by atoms with Gasteiger partial charge in [-0.3, -0.25) is 4.79 Å². The molecular formula is C18H26N2O2. The highest BCUT2D eigenvalue weighted by molar-refractivity contribution is 5.92. The van der Waals surface area contributed by atoms with Crippen LogP contribution in [0, 0.1) is 30.1 Å². The Morgan fingerprint density at radius 2 is 1.91 bits per heavy atom. The molecule has 4 heteroatoms. The van der Waals surface area contributed by atoms with Gasteiger partial charge in [-0.25, -0.2) is 0 Å². The lowest BCUT2D eigenvalue weighted by Crippen LogP contribution is -2.56. The first-order valence-corrected chi connectivity index (χ1v) is 8.82. The molecule has 0 spiro atoms. The summed E-state index contributed by atoms with van der Waals surface area (Å²) in [5.41, 5.74) is 0.762. The summed E-state index contributed by atoms with van der Waals surface area (Å²) in [7, 11) is 0. The van der Waals surface area contributed by atoms with Gasteiger partial charge in [0.1, 0.15) is 5.76 Å². The molecule has 120 valence electrons. The molecule has 1 unspecified atom stereocenters. The van der Waals surface area contributed by atoms with Gasteiger partial charge in [0.25, 0.3) is 5.91 Å². The summed E-state index contributed by atoms with van der Waals surface area (Å²) < 4.78 is 5.04. The van der Waals surface area contributed by atoms with Crippen LogP contribution in [-0.4, -0.2) is 17.1 Å². The lowest BCUT2D eigenvalue weighted by Gasteiger charge is -2.59. The van der Waals surface area contributed by atoms with Gasteiger partial charge in [0.2, 0.25) is 0 Å². The topological polar surface area (TPSA) is 55.1 Å². The van der Waals surface area contributed by atoms with Crippen molar-refractivity contribution in [3.63, 3.8) is 0 Å². The lowest BCUT2D eigenvalue weighted by molar-refractivity contribution is -0.0727. The maximum Gasteiger partial charge on any atom is 0.273 e. The highest BCUT2D eigenvalue weighted by Gasteiger charge is 2.54. The van der Waals surface area contributed by atoms with E-state index >= 15 is 0 Å². The highest BCUT2D eigenvalue weighted by Crippen LogP contribution is 2.61. The predicted octanol–water partition coefficient (Wildman–Crippen LogP) is 3.71. The van der Waals surface area contributed by atoms with Crippen molar-refractivity contribution in [1.82, 2.24) is 10.5 Å². The summed E-state index contributed by atoms with van der Waals surface area (Å²) >= 11 is 0. The number of nitrogens with one attached hydrogen (secondary N) is 1. The summed E-state index contributed by atoms with van der Waals surface area (Å²) in [6, 6.07) is 2.01. The predicted molar refractivity (Wildman–Crippen MR) is 83.4 cm³/mol. The van der Waals surface area contributed by atoms with Crippen LogP contribution in [0.5, 0.6) is 0 Å². The van der Waals surface area contributed by atoms with Crippen molar-refractivity contribution in [2.24, 2.45) is 23.2 Å². The normalized spacial score (nSPS) is 37.3. The molecule has 1 atom stereocenters. The molecule has 4 nitrogen and oxygen atoms in total. The van der Waals surface area contributed by atoms with Crippen LogP contribution in [0.2, 0.25) is 0 Å². The SMILES string of the molecule is CCC(NC(=O)c1cc(C)on1)C12CC3CC(CC(C3)C1)C2. The maximum atomic E-state index is 12.5. The van der Waals surface area contributed by atoms with Crippen molar-refractivity contribution < 1.29 is 9.32 Å². The Balaban J connectivity index is 1.53. The quantitative estimate of drug-likeness (QED) is 0.922. The van der Waals surface area contributed by atoms with Gasteiger partial charge in [-0.05, 0) is 75.0 Å². The van der Waals surface area contributed by atoms with E-state index in [4.69, 9.17) is 4.52 Å². The molecule has 1 aromatic heterocycles. The number of rotatable bonds is 4. The molecule has 5 rings (SSSR count). The van der Waals surface area contributed by atoms with Gasteiger partial charge in [-0.2, -0.15) is 0 Å². The lowest BCUT2D eigenvalue weighted by atomic mass is 9.47. The van der Waals surface area contributed by atoms with Crippen molar-refractivity contribution in [3.8, 4) is 0 Å². The van der Waals surface area contributed by atoms with Gasteiger partial charge < -0.3 is 9.84 Å². The molecule has 0 aromatic carbocycles. The zero-order valence-electron chi connectivity index (χ0n) is 13.6. The number of carbonyl (C=O) groups excluding carboxylic acids is 1. The molecule has 0 saturated heterocycles. The van der Waals surface area contributed by atoms with Crippen LogP contribution in [0.1, 0.15) is 68.1 Å². The van der Waals surface area contributed by atoms with E-state index in [1.807, 2.05) is 6.92 Å². The second-order valence-corrected chi connectivity index (χ2v) is 8.04. The number of carbonyl (C=O) groups is 1. The van der Waals surface area contributed by atoms with E-state index < -0.39 is 0 Å². The van der Waals surface area contributed by atoms with Gasteiger partial charge in [0, 0.05) is 12.1 Å². The summed E-state index contributed by atoms with van der Waals surface area (Å²) in [5.74, 6) is 3.34. The molecule has 4 aliphatic carbocycles. The summed E-state index contributed by atoms with van der Waals surface area (Å²) in [6.07, 6.45) is 9.26.